The van der Waals surface area contributed by atoms with Crippen LogP contribution in [0.25, 0.3) is 0 Å². The van der Waals surface area contributed by atoms with E-state index in [0.717, 1.165) is 11.3 Å². The molecule has 1 aromatic heterocycles. The lowest BCUT2D eigenvalue weighted by Crippen LogP contribution is -2.17. The second-order valence-corrected chi connectivity index (χ2v) is 8.65. The molecule has 0 bridgehead atoms. The Bertz CT molecular complexity index is 829. The molecule has 1 aromatic carbocycles. The molecule has 8 nitrogen and oxygen atoms in total. The van der Waals surface area contributed by atoms with E-state index in [1.165, 1.54) is 0 Å². The lowest BCUT2D eigenvalue weighted by molar-refractivity contribution is -0.118. The van der Waals surface area contributed by atoms with Gasteiger partial charge in [0.1, 0.15) is 5.75 Å². The number of hydrogen-bond donors (Lipinski definition) is 2. The van der Waals surface area contributed by atoms with E-state index in [1.807, 2.05) is 13.8 Å². The molecule has 0 saturated carbocycles. The SMILES string of the molecule is CC(C)Oc1ccc(NS(=O)(=O)c2nnc(NC(=O)C(C)C)s2)cc1. The second-order valence-electron chi connectivity index (χ2n) is 5.81. The van der Waals surface area contributed by atoms with Gasteiger partial charge in [0.25, 0.3) is 14.4 Å². The Hall–Kier alpha value is -2.20. The highest BCUT2D eigenvalue weighted by Crippen LogP contribution is 2.24. The second kappa shape index (κ2) is 7.79. The van der Waals surface area contributed by atoms with E-state index in [4.69, 9.17) is 4.74 Å². The zero-order chi connectivity index (χ0) is 18.6. The molecule has 2 aromatic rings. The quantitative estimate of drug-likeness (QED) is 0.710. The van der Waals surface area contributed by atoms with Gasteiger partial charge in [-0.1, -0.05) is 25.2 Å². The predicted molar refractivity (Wildman–Crippen MR) is 96.4 cm³/mol. The van der Waals surface area contributed by atoms with Crippen LogP contribution in [-0.2, 0) is 14.8 Å². The molecule has 0 aliphatic carbocycles. The highest BCUT2D eigenvalue weighted by Gasteiger charge is 2.21. The molecular formula is C15H20N4O4S2. The van der Waals surface area contributed by atoms with Gasteiger partial charge in [-0.3, -0.25) is 9.52 Å². The number of aromatic nitrogens is 2. The molecule has 0 unspecified atom stereocenters. The van der Waals surface area contributed by atoms with Crippen molar-refractivity contribution in [2.75, 3.05) is 10.0 Å². The zero-order valence-electron chi connectivity index (χ0n) is 14.3. The molecule has 0 fully saturated rings. The minimum Gasteiger partial charge on any atom is -0.491 e. The maximum absolute atomic E-state index is 12.4. The summed E-state index contributed by atoms with van der Waals surface area (Å²) in [4.78, 5) is 11.6. The summed E-state index contributed by atoms with van der Waals surface area (Å²) >= 11 is 0.787. The fourth-order valence-electron chi connectivity index (χ4n) is 1.69. The van der Waals surface area contributed by atoms with Gasteiger partial charge in [-0.2, -0.15) is 8.42 Å². The fourth-order valence-corrected chi connectivity index (χ4v) is 3.65. The van der Waals surface area contributed by atoms with Crippen molar-refractivity contribution in [1.29, 1.82) is 0 Å². The summed E-state index contributed by atoms with van der Waals surface area (Å²) in [5.41, 5.74) is 0.374. The summed E-state index contributed by atoms with van der Waals surface area (Å²) < 4.78 is 32.4. The number of amides is 1. The van der Waals surface area contributed by atoms with Crippen molar-refractivity contribution in [2.45, 2.75) is 38.1 Å². The van der Waals surface area contributed by atoms with E-state index in [-0.39, 0.29) is 27.4 Å². The minimum atomic E-state index is -3.88. The third-order valence-electron chi connectivity index (χ3n) is 2.87. The first-order chi connectivity index (χ1) is 11.7. The van der Waals surface area contributed by atoms with E-state index in [2.05, 4.69) is 20.2 Å². The van der Waals surface area contributed by atoms with E-state index < -0.39 is 10.0 Å². The average Bonchev–Trinajstić information content (AvgIpc) is 2.98. The molecule has 0 aliphatic heterocycles. The van der Waals surface area contributed by atoms with Crippen LogP contribution in [0.4, 0.5) is 10.8 Å². The predicted octanol–water partition coefficient (Wildman–Crippen LogP) is 2.72. The zero-order valence-corrected chi connectivity index (χ0v) is 15.9. The monoisotopic (exact) mass is 384 g/mol. The molecule has 1 heterocycles. The van der Waals surface area contributed by atoms with Gasteiger partial charge >= 0.3 is 0 Å². The first-order valence-corrected chi connectivity index (χ1v) is 9.91. The maximum atomic E-state index is 12.4. The number of ether oxygens (including phenoxy) is 1. The van der Waals surface area contributed by atoms with Crippen LogP contribution in [0.3, 0.4) is 0 Å². The summed E-state index contributed by atoms with van der Waals surface area (Å²) in [6, 6.07) is 6.54. The maximum Gasteiger partial charge on any atom is 0.291 e. The Kier molecular flexibility index (Phi) is 5.96. The minimum absolute atomic E-state index is 0.0309. The Balaban J connectivity index is 2.09. The van der Waals surface area contributed by atoms with Crippen LogP contribution in [0.15, 0.2) is 28.6 Å². The Labute approximate surface area is 150 Å². The van der Waals surface area contributed by atoms with Crippen LogP contribution in [0.2, 0.25) is 0 Å². The number of nitrogens with zero attached hydrogens (tertiary/aromatic N) is 2. The van der Waals surface area contributed by atoms with Crippen LogP contribution in [0.1, 0.15) is 27.7 Å². The summed E-state index contributed by atoms with van der Waals surface area (Å²) in [5.74, 6) is 0.148. The number of anilines is 2. The Morgan fingerprint density at radius 3 is 2.32 bits per heavy atom. The van der Waals surface area contributed by atoms with Gasteiger partial charge in [0.15, 0.2) is 0 Å². The van der Waals surface area contributed by atoms with E-state index in [0.29, 0.717) is 11.4 Å². The molecule has 0 aliphatic rings. The lowest BCUT2D eigenvalue weighted by atomic mass is 10.2. The summed E-state index contributed by atoms with van der Waals surface area (Å²) in [6.45, 7) is 7.26. The van der Waals surface area contributed by atoms with Gasteiger partial charge in [0, 0.05) is 11.6 Å². The number of carbonyl (C=O) groups excluding carboxylic acids is 1. The van der Waals surface area contributed by atoms with E-state index in [9.17, 15) is 13.2 Å². The third kappa shape index (κ3) is 5.40. The Morgan fingerprint density at radius 1 is 1.12 bits per heavy atom. The fraction of sp³-hybridized carbons (Fsp3) is 0.400. The van der Waals surface area contributed by atoms with Crippen LogP contribution in [-0.4, -0.2) is 30.6 Å². The molecule has 0 atom stereocenters. The molecular weight excluding hydrogens is 364 g/mol. The molecule has 0 saturated heterocycles. The molecule has 0 radical (unpaired) electrons. The Morgan fingerprint density at radius 2 is 1.76 bits per heavy atom. The van der Waals surface area contributed by atoms with Crippen molar-refractivity contribution < 1.29 is 17.9 Å². The number of benzene rings is 1. The van der Waals surface area contributed by atoms with Crippen LogP contribution >= 0.6 is 11.3 Å². The number of sulfonamides is 1. The van der Waals surface area contributed by atoms with Crippen LogP contribution < -0.4 is 14.8 Å². The summed E-state index contributed by atoms with van der Waals surface area (Å²) in [5, 5.41) is 9.98. The van der Waals surface area contributed by atoms with Crippen LogP contribution in [0.5, 0.6) is 5.75 Å². The van der Waals surface area contributed by atoms with Crippen molar-refractivity contribution in [3.05, 3.63) is 24.3 Å². The first kappa shape index (κ1) is 19.1. The van der Waals surface area contributed by atoms with Gasteiger partial charge < -0.3 is 10.1 Å². The number of hydrogen-bond acceptors (Lipinski definition) is 7. The molecule has 2 N–H and O–H groups in total. The molecule has 1 amide bonds. The number of rotatable bonds is 7. The summed E-state index contributed by atoms with van der Waals surface area (Å²) in [6.07, 6.45) is 0.0309. The van der Waals surface area contributed by atoms with Crippen molar-refractivity contribution in [2.24, 2.45) is 5.92 Å². The average molecular weight is 384 g/mol. The summed E-state index contributed by atoms with van der Waals surface area (Å²) in [7, 11) is -3.88. The first-order valence-electron chi connectivity index (χ1n) is 7.61. The van der Waals surface area contributed by atoms with Gasteiger partial charge in [-0.25, -0.2) is 0 Å². The molecule has 25 heavy (non-hydrogen) atoms. The molecule has 136 valence electrons. The van der Waals surface area contributed by atoms with Crippen LogP contribution in [0, 0.1) is 5.92 Å². The van der Waals surface area contributed by atoms with E-state index in [1.54, 1.807) is 38.1 Å². The van der Waals surface area contributed by atoms with Crippen molar-refractivity contribution in [3.63, 3.8) is 0 Å². The molecule has 2 rings (SSSR count). The van der Waals surface area contributed by atoms with Crippen molar-refractivity contribution >= 4 is 38.1 Å². The molecule has 10 heteroatoms. The third-order valence-corrected chi connectivity index (χ3v) is 5.46. The van der Waals surface area contributed by atoms with E-state index >= 15 is 0 Å². The van der Waals surface area contributed by atoms with Gasteiger partial charge in [0.05, 0.1) is 6.10 Å². The normalized spacial score (nSPS) is 11.6. The topological polar surface area (TPSA) is 110 Å². The number of carbonyl (C=O) groups is 1. The highest BCUT2D eigenvalue weighted by molar-refractivity contribution is 7.94. The smallest absolute Gasteiger partial charge is 0.291 e. The van der Waals surface area contributed by atoms with Gasteiger partial charge in [-0.15, -0.1) is 10.2 Å². The van der Waals surface area contributed by atoms with Gasteiger partial charge in [0.2, 0.25) is 11.0 Å². The lowest BCUT2D eigenvalue weighted by Gasteiger charge is -2.10. The standard InChI is InChI=1S/C15H20N4O4S2/c1-9(2)13(20)16-14-17-18-15(24-14)25(21,22)19-11-5-7-12(8-6-11)23-10(3)4/h5-10,19H,1-4H3,(H,16,17,20). The van der Waals surface area contributed by atoms with Crippen molar-refractivity contribution in [1.82, 2.24) is 10.2 Å². The largest absolute Gasteiger partial charge is 0.491 e. The highest BCUT2D eigenvalue weighted by atomic mass is 32.2. The molecule has 0 spiro atoms. The van der Waals surface area contributed by atoms with Gasteiger partial charge in [-0.05, 0) is 38.1 Å². The van der Waals surface area contributed by atoms with Crippen molar-refractivity contribution in [3.8, 4) is 5.75 Å². The number of nitrogens with one attached hydrogen (secondary N) is 2.